The monoisotopic (exact) mass is 248 g/mol. The lowest BCUT2D eigenvalue weighted by Crippen LogP contribution is -2.45. The predicted octanol–water partition coefficient (Wildman–Crippen LogP) is 2.23. The van der Waals surface area contributed by atoms with E-state index in [2.05, 4.69) is 20.1 Å². The van der Waals surface area contributed by atoms with Crippen LogP contribution in [0.15, 0.2) is 12.7 Å². The van der Waals surface area contributed by atoms with E-state index in [9.17, 15) is 0 Å². The predicted molar refractivity (Wildman–Crippen MR) is 71.1 cm³/mol. The summed E-state index contributed by atoms with van der Waals surface area (Å²) in [5, 5.41) is 7.85. The summed E-state index contributed by atoms with van der Waals surface area (Å²) < 4.78 is 2.06. The van der Waals surface area contributed by atoms with E-state index >= 15 is 0 Å². The van der Waals surface area contributed by atoms with Crippen LogP contribution in [0.4, 0.5) is 0 Å². The standard InChI is InChI=1S/C14H24N4/c1-2-4-13(5-3-1)14(6-8-15-9-7-14)10-18-12-16-11-17-18/h11-13,15H,1-10H2. The van der Waals surface area contributed by atoms with Gasteiger partial charge in [-0.15, -0.1) is 0 Å². The Morgan fingerprint density at radius 2 is 1.94 bits per heavy atom. The molecular weight excluding hydrogens is 224 g/mol. The number of nitrogens with one attached hydrogen (secondary N) is 1. The SMILES string of the molecule is c1ncn(CC2(C3CCCCC3)CCNCC2)n1. The zero-order valence-electron chi connectivity index (χ0n) is 11.1. The van der Waals surface area contributed by atoms with Crippen LogP contribution in [0.1, 0.15) is 44.9 Å². The molecule has 1 aliphatic heterocycles. The van der Waals surface area contributed by atoms with Gasteiger partial charge in [-0.05, 0) is 50.1 Å². The van der Waals surface area contributed by atoms with Crippen LogP contribution in [-0.4, -0.2) is 27.9 Å². The van der Waals surface area contributed by atoms with Crippen molar-refractivity contribution < 1.29 is 0 Å². The van der Waals surface area contributed by atoms with Gasteiger partial charge in [0.05, 0.1) is 0 Å². The van der Waals surface area contributed by atoms with Crippen molar-refractivity contribution in [3.63, 3.8) is 0 Å². The van der Waals surface area contributed by atoms with Gasteiger partial charge in [0.25, 0.3) is 0 Å². The van der Waals surface area contributed by atoms with E-state index < -0.39 is 0 Å². The maximum absolute atomic E-state index is 4.34. The van der Waals surface area contributed by atoms with Gasteiger partial charge in [0.2, 0.25) is 0 Å². The molecule has 0 radical (unpaired) electrons. The quantitative estimate of drug-likeness (QED) is 0.892. The third-order valence-corrected chi connectivity index (χ3v) is 5.01. The normalized spacial score (nSPS) is 25.1. The average Bonchev–Trinajstić information content (AvgIpc) is 2.94. The van der Waals surface area contributed by atoms with Crippen LogP contribution in [-0.2, 0) is 6.54 Å². The Morgan fingerprint density at radius 3 is 2.61 bits per heavy atom. The summed E-state index contributed by atoms with van der Waals surface area (Å²) >= 11 is 0. The Balaban J connectivity index is 1.78. The third kappa shape index (κ3) is 2.44. The Labute approximate surface area is 109 Å². The topological polar surface area (TPSA) is 42.7 Å². The van der Waals surface area contributed by atoms with Crippen molar-refractivity contribution in [2.45, 2.75) is 51.5 Å². The van der Waals surface area contributed by atoms with Gasteiger partial charge >= 0.3 is 0 Å². The van der Waals surface area contributed by atoms with Crippen molar-refractivity contribution in [3.8, 4) is 0 Å². The van der Waals surface area contributed by atoms with E-state index in [1.807, 2.05) is 6.33 Å². The van der Waals surface area contributed by atoms with Crippen LogP contribution >= 0.6 is 0 Å². The van der Waals surface area contributed by atoms with E-state index in [-0.39, 0.29) is 0 Å². The van der Waals surface area contributed by atoms with Crippen molar-refractivity contribution in [2.24, 2.45) is 11.3 Å². The Bertz CT molecular complexity index is 348. The molecule has 0 bridgehead atoms. The van der Waals surface area contributed by atoms with Gasteiger partial charge in [0.15, 0.2) is 0 Å². The Hall–Kier alpha value is -0.900. The highest BCUT2D eigenvalue weighted by Gasteiger charge is 2.40. The molecule has 2 heterocycles. The van der Waals surface area contributed by atoms with Gasteiger partial charge in [-0.25, -0.2) is 4.98 Å². The molecule has 0 unspecified atom stereocenters. The highest BCUT2D eigenvalue weighted by molar-refractivity contribution is 4.91. The molecule has 0 amide bonds. The Kier molecular flexibility index (Phi) is 3.64. The molecule has 1 aromatic heterocycles. The van der Waals surface area contributed by atoms with Crippen molar-refractivity contribution in [3.05, 3.63) is 12.7 Å². The zero-order valence-corrected chi connectivity index (χ0v) is 11.1. The number of aromatic nitrogens is 3. The first-order chi connectivity index (χ1) is 8.89. The lowest BCUT2D eigenvalue weighted by atomic mass is 9.64. The van der Waals surface area contributed by atoms with Crippen LogP contribution in [0.2, 0.25) is 0 Å². The molecule has 1 saturated carbocycles. The summed E-state index contributed by atoms with van der Waals surface area (Å²) in [6.45, 7) is 3.41. The number of hydrogen-bond donors (Lipinski definition) is 1. The number of piperidine rings is 1. The number of hydrogen-bond acceptors (Lipinski definition) is 3. The first-order valence-corrected chi connectivity index (χ1v) is 7.42. The van der Waals surface area contributed by atoms with E-state index in [0.717, 1.165) is 12.5 Å². The van der Waals surface area contributed by atoms with Crippen LogP contribution in [0.25, 0.3) is 0 Å². The molecular formula is C14H24N4. The first-order valence-electron chi connectivity index (χ1n) is 7.42. The van der Waals surface area contributed by atoms with Crippen LogP contribution in [0.3, 0.4) is 0 Å². The molecule has 4 nitrogen and oxygen atoms in total. The van der Waals surface area contributed by atoms with Crippen molar-refractivity contribution in [1.29, 1.82) is 0 Å². The van der Waals surface area contributed by atoms with Crippen molar-refractivity contribution >= 4 is 0 Å². The minimum Gasteiger partial charge on any atom is -0.317 e. The molecule has 2 aliphatic rings. The maximum atomic E-state index is 4.34. The summed E-state index contributed by atoms with van der Waals surface area (Å²) in [5.41, 5.74) is 0.472. The molecule has 2 fully saturated rings. The molecule has 1 saturated heterocycles. The fourth-order valence-corrected chi connectivity index (χ4v) is 3.97. The maximum Gasteiger partial charge on any atom is 0.137 e. The van der Waals surface area contributed by atoms with Crippen LogP contribution in [0.5, 0.6) is 0 Å². The minimum absolute atomic E-state index is 0.472. The second-order valence-corrected chi connectivity index (χ2v) is 6.04. The molecule has 4 heteroatoms. The first kappa shape index (κ1) is 12.2. The van der Waals surface area contributed by atoms with Gasteiger partial charge in [-0.1, -0.05) is 19.3 Å². The van der Waals surface area contributed by atoms with Gasteiger partial charge in [-0.3, -0.25) is 4.68 Å². The van der Waals surface area contributed by atoms with Crippen molar-refractivity contribution in [2.75, 3.05) is 13.1 Å². The van der Waals surface area contributed by atoms with Gasteiger partial charge < -0.3 is 5.32 Å². The molecule has 0 spiro atoms. The van der Waals surface area contributed by atoms with E-state index in [0.29, 0.717) is 5.41 Å². The zero-order chi connectivity index (χ0) is 12.3. The largest absolute Gasteiger partial charge is 0.317 e. The molecule has 100 valence electrons. The number of rotatable bonds is 3. The lowest BCUT2D eigenvalue weighted by Gasteiger charge is -2.45. The average molecular weight is 248 g/mol. The summed E-state index contributed by atoms with van der Waals surface area (Å²) in [6, 6.07) is 0. The third-order valence-electron chi connectivity index (χ3n) is 5.01. The summed E-state index contributed by atoms with van der Waals surface area (Å²) in [6.07, 6.45) is 13.3. The summed E-state index contributed by atoms with van der Waals surface area (Å²) in [4.78, 5) is 4.10. The van der Waals surface area contributed by atoms with Gasteiger partial charge in [-0.2, -0.15) is 5.10 Å². The number of nitrogens with zero attached hydrogens (tertiary/aromatic N) is 3. The van der Waals surface area contributed by atoms with E-state index in [1.165, 1.54) is 58.0 Å². The van der Waals surface area contributed by atoms with Crippen LogP contribution < -0.4 is 5.32 Å². The molecule has 0 aromatic carbocycles. The van der Waals surface area contributed by atoms with E-state index in [4.69, 9.17) is 0 Å². The summed E-state index contributed by atoms with van der Waals surface area (Å²) in [5.74, 6) is 0.901. The van der Waals surface area contributed by atoms with E-state index in [1.54, 1.807) is 6.33 Å². The molecule has 1 N–H and O–H groups in total. The van der Waals surface area contributed by atoms with Gasteiger partial charge in [0.1, 0.15) is 12.7 Å². The molecule has 18 heavy (non-hydrogen) atoms. The molecule has 0 atom stereocenters. The fourth-order valence-electron chi connectivity index (χ4n) is 3.97. The Morgan fingerprint density at radius 1 is 1.17 bits per heavy atom. The smallest absolute Gasteiger partial charge is 0.137 e. The second kappa shape index (κ2) is 5.39. The molecule has 1 aromatic rings. The van der Waals surface area contributed by atoms with Crippen LogP contribution in [0, 0.1) is 11.3 Å². The molecule has 1 aliphatic carbocycles. The molecule has 3 rings (SSSR count). The highest BCUT2D eigenvalue weighted by Crippen LogP contribution is 2.45. The highest BCUT2D eigenvalue weighted by atomic mass is 15.3. The minimum atomic E-state index is 0.472. The second-order valence-electron chi connectivity index (χ2n) is 6.04. The van der Waals surface area contributed by atoms with Gasteiger partial charge in [0, 0.05) is 6.54 Å². The lowest BCUT2D eigenvalue weighted by molar-refractivity contribution is 0.0514. The fraction of sp³-hybridized carbons (Fsp3) is 0.857. The van der Waals surface area contributed by atoms with Crippen molar-refractivity contribution in [1.82, 2.24) is 20.1 Å². The summed E-state index contributed by atoms with van der Waals surface area (Å²) in [7, 11) is 0.